The number of aromatic nitrogens is 3. The van der Waals surface area contributed by atoms with Gasteiger partial charge in [-0.25, -0.2) is 0 Å². The van der Waals surface area contributed by atoms with Crippen LogP contribution in [0.15, 0.2) is 36.7 Å². The SMILES string of the molecule is c1ccc(Cn2cnnc2C[C@@H]2CCCNC2)cc1. The summed E-state index contributed by atoms with van der Waals surface area (Å²) in [5, 5.41) is 11.8. The van der Waals surface area contributed by atoms with Crippen LogP contribution in [-0.2, 0) is 13.0 Å². The molecular weight excluding hydrogens is 236 g/mol. The highest BCUT2D eigenvalue weighted by Crippen LogP contribution is 2.15. The zero-order valence-corrected chi connectivity index (χ0v) is 11.1. The molecular formula is C15H20N4. The fourth-order valence-electron chi connectivity index (χ4n) is 2.71. The molecule has 1 atom stereocenters. The van der Waals surface area contributed by atoms with Crippen molar-refractivity contribution in [2.45, 2.75) is 25.8 Å². The third-order valence-corrected chi connectivity index (χ3v) is 3.76. The maximum Gasteiger partial charge on any atom is 0.133 e. The third kappa shape index (κ3) is 3.20. The lowest BCUT2D eigenvalue weighted by atomic mass is 9.96. The van der Waals surface area contributed by atoms with Crippen molar-refractivity contribution in [1.82, 2.24) is 20.1 Å². The van der Waals surface area contributed by atoms with Crippen molar-refractivity contribution in [2.75, 3.05) is 13.1 Å². The van der Waals surface area contributed by atoms with Crippen molar-refractivity contribution < 1.29 is 0 Å². The molecule has 1 aromatic heterocycles. The van der Waals surface area contributed by atoms with Crippen LogP contribution in [0, 0.1) is 5.92 Å². The Bertz CT molecular complexity index is 500. The van der Waals surface area contributed by atoms with Gasteiger partial charge in [-0.05, 0) is 37.4 Å². The Morgan fingerprint density at radius 1 is 1.26 bits per heavy atom. The number of hydrogen-bond donors (Lipinski definition) is 1. The molecule has 4 heteroatoms. The van der Waals surface area contributed by atoms with E-state index >= 15 is 0 Å². The molecule has 1 saturated heterocycles. The van der Waals surface area contributed by atoms with E-state index in [9.17, 15) is 0 Å². The highest BCUT2D eigenvalue weighted by Gasteiger charge is 2.16. The molecule has 0 amide bonds. The number of nitrogens with one attached hydrogen (secondary N) is 1. The molecule has 3 rings (SSSR count). The van der Waals surface area contributed by atoms with Crippen LogP contribution in [0.3, 0.4) is 0 Å². The molecule has 1 aliphatic rings. The predicted octanol–water partition coefficient (Wildman–Crippen LogP) is 1.87. The highest BCUT2D eigenvalue weighted by atomic mass is 15.3. The number of piperidine rings is 1. The van der Waals surface area contributed by atoms with Gasteiger partial charge in [0.25, 0.3) is 0 Å². The second-order valence-corrected chi connectivity index (χ2v) is 5.28. The first-order chi connectivity index (χ1) is 9.42. The average molecular weight is 256 g/mol. The summed E-state index contributed by atoms with van der Waals surface area (Å²) >= 11 is 0. The van der Waals surface area contributed by atoms with Gasteiger partial charge in [-0.15, -0.1) is 10.2 Å². The second-order valence-electron chi connectivity index (χ2n) is 5.28. The quantitative estimate of drug-likeness (QED) is 0.908. The van der Waals surface area contributed by atoms with Crippen molar-refractivity contribution in [3.8, 4) is 0 Å². The Kier molecular flexibility index (Phi) is 3.89. The summed E-state index contributed by atoms with van der Waals surface area (Å²) in [6.07, 6.45) is 5.45. The van der Waals surface area contributed by atoms with Crippen LogP contribution in [-0.4, -0.2) is 27.9 Å². The Labute approximate surface area is 113 Å². The molecule has 1 fully saturated rings. The summed E-state index contributed by atoms with van der Waals surface area (Å²) < 4.78 is 2.17. The van der Waals surface area contributed by atoms with E-state index in [1.807, 2.05) is 12.4 Å². The van der Waals surface area contributed by atoms with Gasteiger partial charge in [-0.1, -0.05) is 30.3 Å². The van der Waals surface area contributed by atoms with Gasteiger partial charge >= 0.3 is 0 Å². The van der Waals surface area contributed by atoms with E-state index in [4.69, 9.17) is 0 Å². The summed E-state index contributed by atoms with van der Waals surface area (Å²) in [6.45, 7) is 3.13. The summed E-state index contributed by atoms with van der Waals surface area (Å²) in [6, 6.07) is 10.5. The average Bonchev–Trinajstić information content (AvgIpc) is 2.88. The van der Waals surface area contributed by atoms with Crippen molar-refractivity contribution in [2.24, 2.45) is 5.92 Å². The largest absolute Gasteiger partial charge is 0.316 e. The van der Waals surface area contributed by atoms with Crippen LogP contribution in [0.25, 0.3) is 0 Å². The van der Waals surface area contributed by atoms with Crippen LogP contribution >= 0.6 is 0 Å². The van der Waals surface area contributed by atoms with E-state index in [2.05, 4.69) is 44.3 Å². The lowest BCUT2D eigenvalue weighted by Crippen LogP contribution is -2.31. The van der Waals surface area contributed by atoms with Gasteiger partial charge < -0.3 is 9.88 Å². The molecule has 0 unspecified atom stereocenters. The summed E-state index contributed by atoms with van der Waals surface area (Å²) in [7, 11) is 0. The van der Waals surface area contributed by atoms with Gasteiger partial charge in [-0.3, -0.25) is 0 Å². The summed E-state index contributed by atoms with van der Waals surface area (Å²) in [5.74, 6) is 1.81. The second kappa shape index (κ2) is 5.97. The molecule has 19 heavy (non-hydrogen) atoms. The molecule has 0 aliphatic carbocycles. The van der Waals surface area contributed by atoms with Crippen LogP contribution in [0.2, 0.25) is 0 Å². The fraction of sp³-hybridized carbons (Fsp3) is 0.467. The van der Waals surface area contributed by atoms with Crippen molar-refractivity contribution in [3.63, 3.8) is 0 Å². The molecule has 2 heterocycles. The van der Waals surface area contributed by atoms with Crippen LogP contribution in [0.4, 0.5) is 0 Å². The van der Waals surface area contributed by atoms with Crippen LogP contribution < -0.4 is 5.32 Å². The van der Waals surface area contributed by atoms with Gasteiger partial charge in [0.2, 0.25) is 0 Å². The Morgan fingerprint density at radius 2 is 2.16 bits per heavy atom. The monoisotopic (exact) mass is 256 g/mol. The smallest absolute Gasteiger partial charge is 0.133 e. The first-order valence-corrected chi connectivity index (χ1v) is 7.03. The zero-order chi connectivity index (χ0) is 12.9. The molecule has 4 nitrogen and oxygen atoms in total. The normalized spacial score (nSPS) is 19.5. The first kappa shape index (κ1) is 12.4. The molecule has 2 aromatic rings. The van der Waals surface area contributed by atoms with E-state index in [1.54, 1.807) is 0 Å². The third-order valence-electron chi connectivity index (χ3n) is 3.76. The van der Waals surface area contributed by atoms with Crippen molar-refractivity contribution in [1.29, 1.82) is 0 Å². The predicted molar refractivity (Wildman–Crippen MR) is 74.9 cm³/mol. The van der Waals surface area contributed by atoms with E-state index in [0.29, 0.717) is 5.92 Å². The van der Waals surface area contributed by atoms with Gasteiger partial charge in [0.1, 0.15) is 12.2 Å². The molecule has 1 aromatic carbocycles. The standard InChI is InChI=1S/C15H20N4/c1-2-5-13(6-3-1)11-19-12-17-18-15(19)9-14-7-4-8-16-10-14/h1-3,5-6,12,14,16H,4,7-11H2/t14-/m0/s1. The van der Waals surface area contributed by atoms with Crippen LogP contribution in [0.5, 0.6) is 0 Å². The molecule has 0 radical (unpaired) electrons. The number of hydrogen-bond acceptors (Lipinski definition) is 3. The fourth-order valence-corrected chi connectivity index (χ4v) is 2.71. The van der Waals surface area contributed by atoms with Crippen LogP contribution in [0.1, 0.15) is 24.2 Å². The van der Waals surface area contributed by atoms with Gasteiger partial charge in [0.05, 0.1) is 6.54 Å². The molecule has 100 valence electrons. The highest BCUT2D eigenvalue weighted by molar-refractivity contribution is 5.15. The minimum atomic E-state index is 0.701. The minimum absolute atomic E-state index is 0.701. The summed E-state index contributed by atoms with van der Waals surface area (Å²) in [4.78, 5) is 0. The first-order valence-electron chi connectivity index (χ1n) is 7.03. The Morgan fingerprint density at radius 3 is 2.95 bits per heavy atom. The molecule has 0 spiro atoms. The Hall–Kier alpha value is -1.68. The lowest BCUT2D eigenvalue weighted by molar-refractivity contribution is 0.367. The van der Waals surface area contributed by atoms with Crippen molar-refractivity contribution >= 4 is 0 Å². The number of benzene rings is 1. The topological polar surface area (TPSA) is 42.7 Å². The minimum Gasteiger partial charge on any atom is -0.316 e. The Balaban J connectivity index is 1.68. The van der Waals surface area contributed by atoms with Crippen molar-refractivity contribution in [3.05, 3.63) is 48.0 Å². The summed E-state index contributed by atoms with van der Waals surface area (Å²) in [5.41, 5.74) is 1.30. The molecule has 1 aliphatic heterocycles. The molecule has 1 N–H and O–H groups in total. The number of nitrogens with zero attached hydrogens (tertiary/aromatic N) is 3. The van der Waals surface area contributed by atoms with E-state index in [0.717, 1.165) is 31.9 Å². The lowest BCUT2D eigenvalue weighted by Gasteiger charge is -2.22. The number of rotatable bonds is 4. The maximum atomic E-state index is 4.29. The zero-order valence-electron chi connectivity index (χ0n) is 11.1. The van der Waals surface area contributed by atoms with E-state index < -0.39 is 0 Å². The van der Waals surface area contributed by atoms with Gasteiger partial charge in [0.15, 0.2) is 0 Å². The van der Waals surface area contributed by atoms with Gasteiger partial charge in [0, 0.05) is 6.42 Å². The molecule has 0 bridgehead atoms. The maximum absolute atomic E-state index is 4.29. The van der Waals surface area contributed by atoms with E-state index in [1.165, 1.54) is 18.4 Å². The molecule has 0 saturated carbocycles. The van der Waals surface area contributed by atoms with Gasteiger partial charge in [-0.2, -0.15) is 0 Å². The van der Waals surface area contributed by atoms with E-state index in [-0.39, 0.29) is 0 Å².